The van der Waals surface area contributed by atoms with Crippen LogP contribution < -0.4 is 0 Å². The zero-order valence-corrected chi connectivity index (χ0v) is 10.1. The topological polar surface area (TPSA) is 73.8 Å². The van der Waals surface area contributed by atoms with Gasteiger partial charge < -0.3 is 14.7 Å². The maximum atomic E-state index is 10.8. The molecular formula is C10H10N4O2S. The average Bonchev–Trinajstić information content (AvgIpc) is 2.61. The fraction of sp³-hybridized carbons (Fsp3) is 0.200. The molecule has 0 aliphatic rings. The summed E-state index contributed by atoms with van der Waals surface area (Å²) in [6, 6.07) is 5.56. The maximum absolute atomic E-state index is 10.8. The second-order valence-electron chi connectivity index (χ2n) is 3.46. The van der Waals surface area contributed by atoms with Crippen LogP contribution in [0.15, 0.2) is 34.6 Å². The molecule has 2 aromatic rings. The Balaban J connectivity index is 2.36. The third-order valence-electron chi connectivity index (χ3n) is 2.10. The van der Waals surface area contributed by atoms with Gasteiger partial charge in [0, 0.05) is 12.7 Å². The van der Waals surface area contributed by atoms with E-state index in [1.165, 1.54) is 18.1 Å². The Morgan fingerprint density at radius 2 is 2.24 bits per heavy atom. The van der Waals surface area contributed by atoms with Crippen LogP contribution in [0.5, 0.6) is 0 Å². The molecule has 17 heavy (non-hydrogen) atoms. The van der Waals surface area contributed by atoms with Crippen LogP contribution in [0.3, 0.4) is 0 Å². The van der Waals surface area contributed by atoms with E-state index in [2.05, 4.69) is 9.97 Å². The van der Waals surface area contributed by atoms with E-state index in [1.54, 1.807) is 11.6 Å². The van der Waals surface area contributed by atoms with Crippen molar-refractivity contribution in [3.05, 3.63) is 40.3 Å². The molecule has 0 bridgehead atoms. The van der Waals surface area contributed by atoms with Gasteiger partial charge in [-0.05, 0) is 40.7 Å². The van der Waals surface area contributed by atoms with Crippen molar-refractivity contribution in [2.75, 3.05) is 0 Å². The lowest BCUT2D eigenvalue weighted by Gasteiger charge is -2.01. The number of aryl methyl sites for hydroxylation is 2. The van der Waals surface area contributed by atoms with Gasteiger partial charge in [-0.1, -0.05) is 6.07 Å². The molecule has 0 aromatic carbocycles. The first kappa shape index (κ1) is 11.6. The number of hydrogen-bond acceptors (Lipinski definition) is 5. The van der Waals surface area contributed by atoms with Gasteiger partial charge in [-0.15, -0.1) is 0 Å². The van der Waals surface area contributed by atoms with Crippen molar-refractivity contribution in [1.82, 2.24) is 14.5 Å². The van der Waals surface area contributed by atoms with Gasteiger partial charge in [0.25, 0.3) is 0 Å². The van der Waals surface area contributed by atoms with Crippen LogP contribution in [-0.2, 0) is 7.05 Å². The van der Waals surface area contributed by atoms with Gasteiger partial charge in [0.1, 0.15) is 5.03 Å². The molecule has 0 atom stereocenters. The smallest absolute Gasteiger partial charge is 0.358 e. The van der Waals surface area contributed by atoms with Crippen LogP contribution in [0.4, 0.5) is 5.82 Å². The lowest BCUT2D eigenvalue weighted by Crippen LogP contribution is -1.94. The molecule has 0 spiro atoms. The summed E-state index contributed by atoms with van der Waals surface area (Å²) in [5, 5.41) is 12.0. The second kappa shape index (κ2) is 4.54. The van der Waals surface area contributed by atoms with E-state index in [9.17, 15) is 10.1 Å². The number of imidazole rings is 1. The van der Waals surface area contributed by atoms with Crippen molar-refractivity contribution in [1.29, 1.82) is 0 Å². The molecule has 6 nitrogen and oxygen atoms in total. The predicted octanol–water partition coefficient (Wildman–Crippen LogP) is 2.18. The zero-order valence-electron chi connectivity index (χ0n) is 9.32. The fourth-order valence-electron chi connectivity index (χ4n) is 1.32. The molecule has 0 saturated carbocycles. The second-order valence-corrected chi connectivity index (χ2v) is 4.47. The highest BCUT2D eigenvalue weighted by Gasteiger charge is 2.21. The van der Waals surface area contributed by atoms with E-state index >= 15 is 0 Å². The average molecular weight is 250 g/mol. The number of aromatic nitrogens is 3. The van der Waals surface area contributed by atoms with Crippen molar-refractivity contribution >= 4 is 17.6 Å². The van der Waals surface area contributed by atoms with Gasteiger partial charge in [0.05, 0.1) is 0 Å². The summed E-state index contributed by atoms with van der Waals surface area (Å²) in [5.41, 5.74) is 0.875. The normalized spacial score (nSPS) is 10.5. The summed E-state index contributed by atoms with van der Waals surface area (Å²) < 4.78 is 1.62. The number of rotatable bonds is 3. The third kappa shape index (κ3) is 2.44. The van der Waals surface area contributed by atoms with E-state index in [0.717, 1.165) is 10.7 Å². The summed E-state index contributed by atoms with van der Waals surface area (Å²) in [6.07, 6.45) is 1.43. The monoisotopic (exact) mass is 250 g/mol. The molecule has 0 radical (unpaired) electrons. The SMILES string of the molecule is Cc1cccc(Sc2c([N+](=O)[O-])ncn2C)n1. The highest BCUT2D eigenvalue weighted by Crippen LogP contribution is 2.32. The van der Waals surface area contributed by atoms with Crippen LogP contribution >= 0.6 is 11.8 Å². The number of pyridine rings is 1. The molecule has 7 heteroatoms. The van der Waals surface area contributed by atoms with Crippen LogP contribution in [0.2, 0.25) is 0 Å². The van der Waals surface area contributed by atoms with Crippen LogP contribution in [0, 0.1) is 17.0 Å². The van der Waals surface area contributed by atoms with Crippen molar-refractivity contribution in [3.63, 3.8) is 0 Å². The molecule has 0 N–H and O–H groups in total. The molecule has 0 saturated heterocycles. The van der Waals surface area contributed by atoms with Gasteiger partial charge in [-0.2, -0.15) is 0 Å². The Morgan fingerprint density at radius 3 is 2.88 bits per heavy atom. The minimum absolute atomic E-state index is 0.138. The van der Waals surface area contributed by atoms with Crippen molar-refractivity contribution in [2.24, 2.45) is 7.05 Å². The van der Waals surface area contributed by atoms with E-state index in [-0.39, 0.29) is 5.82 Å². The first-order valence-corrected chi connectivity index (χ1v) is 5.67. The fourth-order valence-corrected chi connectivity index (χ4v) is 2.27. The first-order chi connectivity index (χ1) is 8.08. The number of hydrogen-bond donors (Lipinski definition) is 0. The Morgan fingerprint density at radius 1 is 1.47 bits per heavy atom. The van der Waals surface area contributed by atoms with E-state index < -0.39 is 4.92 Å². The summed E-state index contributed by atoms with van der Waals surface area (Å²) in [4.78, 5) is 18.3. The standard InChI is InChI=1S/C10H10N4O2S/c1-7-4-3-5-8(12-7)17-10-9(14(15)16)11-6-13(10)2/h3-6H,1-2H3. The third-order valence-corrected chi connectivity index (χ3v) is 3.20. The van der Waals surface area contributed by atoms with Crippen LogP contribution in [0.1, 0.15) is 5.69 Å². The van der Waals surface area contributed by atoms with Crippen molar-refractivity contribution in [3.8, 4) is 0 Å². The minimum atomic E-state index is -0.488. The van der Waals surface area contributed by atoms with Gasteiger partial charge >= 0.3 is 5.82 Å². The summed E-state index contributed by atoms with van der Waals surface area (Å²) in [6.45, 7) is 1.88. The quantitative estimate of drug-likeness (QED) is 0.616. The van der Waals surface area contributed by atoms with E-state index in [1.807, 2.05) is 25.1 Å². The largest absolute Gasteiger partial charge is 0.396 e. The lowest BCUT2D eigenvalue weighted by molar-refractivity contribution is -0.392. The van der Waals surface area contributed by atoms with E-state index in [0.29, 0.717) is 5.03 Å². The molecule has 0 fully saturated rings. The molecule has 0 aliphatic heterocycles. The van der Waals surface area contributed by atoms with Gasteiger partial charge in [-0.25, -0.2) is 4.98 Å². The predicted molar refractivity (Wildman–Crippen MR) is 63.0 cm³/mol. The van der Waals surface area contributed by atoms with Gasteiger partial charge in [0.15, 0.2) is 5.03 Å². The molecule has 2 heterocycles. The first-order valence-electron chi connectivity index (χ1n) is 4.85. The maximum Gasteiger partial charge on any atom is 0.396 e. The number of nitro groups is 1. The van der Waals surface area contributed by atoms with Gasteiger partial charge in [0.2, 0.25) is 6.33 Å². The molecule has 2 aromatic heterocycles. The Labute approximate surface area is 102 Å². The molecular weight excluding hydrogens is 240 g/mol. The lowest BCUT2D eigenvalue weighted by atomic mass is 10.4. The Hall–Kier alpha value is -1.89. The molecule has 0 amide bonds. The molecule has 0 aliphatic carbocycles. The Bertz CT molecular complexity index is 567. The van der Waals surface area contributed by atoms with E-state index in [4.69, 9.17) is 0 Å². The zero-order chi connectivity index (χ0) is 12.4. The molecule has 2 rings (SSSR count). The van der Waals surface area contributed by atoms with Crippen LogP contribution in [0.25, 0.3) is 0 Å². The summed E-state index contributed by atoms with van der Waals surface area (Å²) in [5.74, 6) is -0.138. The van der Waals surface area contributed by atoms with Gasteiger partial charge in [-0.3, -0.25) is 0 Å². The molecule has 0 unspecified atom stereocenters. The highest BCUT2D eigenvalue weighted by molar-refractivity contribution is 7.99. The van der Waals surface area contributed by atoms with Crippen molar-refractivity contribution < 1.29 is 4.92 Å². The Kier molecular flexibility index (Phi) is 3.10. The number of nitrogens with zero attached hydrogens (tertiary/aromatic N) is 4. The summed E-state index contributed by atoms with van der Waals surface area (Å²) in [7, 11) is 1.72. The molecule has 88 valence electrons. The van der Waals surface area contributed by atoms with Crippen molar-refractivity contribution in [2.45, 2.75) is 17.0 Å². The van der Waals surface area contributed by atoms with Crippen LogP contribution in [-0.4, -0.2) is 19.5 Å². The minimum Gasteiger partial charge on any atom is -0.358 e. The highest BCUT2D eigenvalue weighted by atomic mass is 32.2. The summed E-state index contributed by atoms with van der Waals surface area (Å²) >= 11 is 1.24.